The molecular formula is C16H23N3O. The molecule has 1 aliphatic heterocycles. The second-order valence-electron chi connectivity index (χ2n) is 6.02. The Morgan fingerprint density at radius 2 is 2.25 bits per heavy atom. The largest absolute Gasteiger partial charge is 0.327 e. The van der Waals surface area contributed by atoms with Crippen LogP contribution >= 0.6 is 0 Å². The molecule has 2 aliphatic rings. The quantitative estimate of drug-likeness (QED) is 0.786. The molecule has 1 amide bonds. The van der Waals surface area contributed by atoms with Crippen molar-refractivity contribution in [3.8, 4) is 0 Å². The lowest BCUT2D eigenvalue weighted by molar-refractivity contribution is -0.117. The first-order chi connectivity index (χ1) is 9.72. The number of carbonyl (C=O) groups excluding carboxylic acids is 1. The van der Waals surface area contributed by atoms with Gasteiger partial charge in [0.05, 0.1) is 0 Å². The maximum Gasteiger partial charge on any atom is 0.224 e. The number of amides is 1. The van der Waals surface area contributed by atoms with Crippen LogP contribution in [0, 0.1) is 5.92 Å². The predicted molar refractivity (Wildman–Crippen MR) is 80.4 cm³/mol. The Hall–Kier alpha value is -1.39. The summed E-state index contributed by atoms with van der Waals surface area (Å²) >= 11 is 0. The fourth-order valence-electron chi connectivity index (χ4n) is 3.33. The highest BCUT2D eigenvalue weighted by atomic mass is 16.1. The Morgan fingerprint density at radius 3 is 3.05 bits per heavy atom. The molecule has 1 heterocycles. The second kappa shape index (κ2) is 5.94. The highest BCUT2D eigenvalue weighted by Crippen LogP contribution is 2.27. The summed E-state index contributed by atoms with van der Waals surface area (Å²) in [5.41, 5.74) is 9.62. The van der Waals surface area contributed by atoms with Gasteiger partial charge in [-0.2, -0.15) is 0 Å². The molecular weight excluding hydrogens is 250 g/mol. The van der Waals surface area contributed by atoms with E-state index in [4.69, 9.17) is 5.73 Å². The maximum atomic E-state index is 12.1. The summed E-state index contributed by atoms with van der Waals surface area (Å²) < 4.78 is 0. The van der Waals surface area contributed by atoms with Crippen molar-refractivity contribution in [3.05, 3.63) is 29.3 Å². The van der Waals surface area contributed by atoms with Crippen molar-refractivity contribution in [1.29, 1.82) is 0 Å². The Labute approximate surface area is 120 Å². The van der Waals surface area contributed by atoms with Crippen molar-refractivity contribution < 1.29 is 4.79 Å². The molecule has 0 bridgehead atoms. The monoisotopic (exact) mass is 273 g/mol. The van der Waals surface area contributed by atoms with Gasteiger partial charge in [-0.1, -0.05) is 12.5 Å². The minimum absolute atomic E-state index is 0.0936. The fraction of sp³-hybridized carbons (Fsp3) is 0.562. The smallest absolute Gasteiger partial charge is 0.224 e. The molecule has 4 heteroatoms. The number of anilines is 1. The summed E-state index contributed by atoms with van der Waals surface area (Å²) in [5, 5.41) is 6.37. The van der Waals surface area contributed by atoms with Crippen LogP contribution < -0.4 is 16.4 Å². The number of hydrogen-bond donors (Lipinski definition) is 3. The lowest BCUT2D eigenvalue weighted by atomic mass is 9.99. The molecule has 0 radical (unpaired) electrons. The number of benzene rings is 1. The third-order valence-corrected chi connectivity index (χ3v) is 4.54. The molecule has 0 unspecified atom stereocenters. The van der Waals surface area contributed by atoms with Gasteiger partial charge in [0.15, 0.2) is 0 Å². The molecule has 0 spiro atoms. The molecule has 3 rings (SSSR count). The molecule has 4 N–H and O–H groups in total. The zero-order chi connectivity index (χ0) is 13.9. The van der Waals surface area contributed by atoms with E-state index in [-0.39, 0.29) is 11.9 Å². The second-order valence-corrected chi connectivity index (χ2v) is 6.02. The van der Waals surface area contributed by atoms with Crippen molar-refractivity contribution in [3.63, 3.8) is 0 Å². The highest BCUT2D eigenvalue weighted by molar-refractivity contribution is 5.91. The van der Waals surface area contributed by atoms with Crippen LogP contribution in [-0.2, 0) is 17.8 Å². The van der Waals surface area contributed by atoms with Gasteiger partial charge in [0.1, 0.15) is 0 Å². The first kappa shape index (κ1) is 13.6. The van der Waals surface area contributed by atoms with Crippen LogP contribution in [0.25, 0.3) is 0 Å². The molecule has 1 aromatic rings. The summed E-state index contributed by atoms with van der Waals surface area (Å²) in [5.74, 6) is 0.449. The lowest BCUT2D eigenvalue weighted by Gasteiger charge is -2.19. The summed E-state index contributed by atoms with van der Waals surface area (Å²) in [6, 6.07) is 6.44. The van der Waals surface area contributed by atoms with E-state index >= 15 is 0 Å². The van der Waals surface area contributed by atoms with E-state index in [0.717, 1.165) is 44.5 Å². The Bertz CT molecular complexity index is 500. The Balaban J connectivity index is 1.61. The fourth-order valence-corrected chi connectivity index (χ4v) is 3.33. The molecule has 1 fully saturated rings. The zero-order valence-electron chi connectivity index (χ0n) is 11.8. The van der Waals surface area contributed by atoms with E-state index in [0.29, 0.717) is 12.3 Å². The van der Waals surface area contributed by atoms with Gasteiger partial charge in [0.25, 0.3) is 0 Å². The number of nitrogens with one attached hydrogen (secondary N) is 2. The van der Waals surface area contributed by atoms with Crippen LogP contribution in [0.3, 0.4) is 0 Å². The molecule has 0 saturated heterocycles. The lowest BCUT2D eigenvalue weighted by Crippen LogP contribution is -2.28. The normalized spacial score (nSPS) is 25.2. The van der Waals surface area contributed by atoms with Crippen molar-refractivity contribution in [2.24, 2.45) is 11.7 Å². The zero-order valence-corrected chi connectivity index (χ0v) is 11.8. The van der Waals surface area contributed by atoms with Gasteiger partial charge in [-0.25, -0.2) is 0 Å². The summed E-state index contributed by atoms with van der Waals surface area (Å²) in [4.78, 5) is 12.1. The Morgan fingerprint density at radius 1 is 1.35 bits per heavy atom. The number of carbonyl (C=O) groups is 1. The molecule has 1 saturated carbocycles. The summed E-state index contributed by atoms with van der Waals surface area (Å²) in [6.45, 7) is 1.94. The predicted octanol–water partition coefficient (Wildman–Crippen LogP) is 1.79. The summed E-state index contributed by atoms with van der Waals surface area (Å²) in [6.07, 6.45) is 4.92. The van der Waals surface area contributed by atoms with E-state index in [9.17, 15) is 4.79 Å². The van der Waals surface area contributed by atoms with Crippen LogP contribution in [-0.4, -0.2) is 18.5 Å². The van der Waals surface area contributed by atoms with Gasteiger partial charge in [-0.05, 0) is 55.0 Å². The maximum absolute atomic E-state index is 12.1. The van der Waals surface area contributed by atoms with Gasteiger partial charge in [-0.3, -0.25) is 4.79 Å². The van der Waals surface area contributed by atoms with E-state index in [1.807, 2.05) is 6.07 Å². The number of nitrogens with two attached hydrogens (primary N) is 1. The topological polar surface area (TPSA) is 67.2 Å². The van der Waals surface area contributed by atoms with E-state index in [2.05, 4.69) is 22.8 Å². The molecule has 20 heavy (non-hydrogen) atoms. The van der Waals surface area contributed by atoms with Gasteiger partial charge < -0.3 is 16.4 Å². The van der Waals surface area contributed by atoms with Crippen molar-refractivity contribution in [2.45, 2.75) is 44.7 Å². The number of rotatable bonds is 3. The molecule has 1 aromatic carbocycles. The van der Waals surface area contributed by atoms with Crippen molar-refractivity contribution in [1.82, 2.24) is 5.32 Å². The molecule has 1 aliphatic carbocycles. The minimum atomic E-state index is 0.0936. The average Bonchev–Trinajstić information content (AvgIpc) is 2.84. The van der Waals surface area contributed by atoms with Crippen LogP contribution in [0.2, 0.25) is 0 Å². The van der Waals surface area contributed by atoms with Crippen LogP contribution in [0.1, 0.15) is 36.8 Å². The first-order valence-corrected chi connectivity index (χ1v) is 7.60. The highest BCUT2D eigenvalue weighted by Gasteiger charge is 2.26. The SMILES string of the molecule is N[C@@H]1CCC[C@H]1CC(=O)Nc1ccc2c(c1)CNCC2. The first-order valence-electron chi connectivity index (χ1n) is 7.60. The van der Waals surface area contributed by atoms with Gasteiger partial charge in [0, 0.05) is 24.7 Å². The Kier molecular flexibility index (Phi) is 4.03. The van der Waals surface area contributed by atoms with Gasteiger partial charge in [0.2, 0.25) is 5.91 Å². The van der Waals surface area contributed by atoms with Crippen molar-refractivity contribution >= 4 is 11.6 Å². The van der Waals surface area contributed by atoms with Crippen LogP contribution in [0.5, 0.6) is 0 Å². The third kappa shape index (κ3) is 3.02. The standard InChI is InChI=1S/C16H23N3O/c17-15-3-1-2-12(15)9-16(20)19-14-5-4-11-6-7-18-10-13(11)8-14/h4-5,8,12,15,18H,1-3,6-7,9-10,17H2,(H,19,20)/t12-,15+/m0/s1. The molecule has 0 aromatic heterocycles. The third-order valence-electron chi connectivity index (χ3n) is 4.54. The van der Waals surface area contributed by atoms with E-state index < -0.39 is 0 Å². The van der Waals surface area contributed by atoms with Crippen LogP contribution in [0.15, 0.2) is 18.2 Å². The van der Waals surface area contributed by atoms with E-state index in [1.165, 1.54) is 11.1 Å². The number of fused-ring (bicyclic) bond motifs is 1. The van der Waals surface area contributed by atoms with Crippen LogP contribution in [0.4, 0.5) is 5.69 Å². The number of hydrogen-bond acceptors (Lipinski definition) is 3. The van der Waals surface area contributed by atoms with Crippen molar-refractivity contribution in [2.75, 3.05) is 11.9 Å². The van der Waals surface area contributed by atoms with E-state index in [1.54, 1.807) is 0 Å². The molecule has 108 valence electrons. The van der Waals surface area contributed by atoms with Gasteiger partial charge >= 0.3 is 0 Å². The average molecular weight is 273 g/mol. The minimum Gasteiger partial charge on any atom is -0.327 e. The van der Waals surface area contributed by atoms with Gasteiger partial charge in [-0.15, -0.1) is 0 Å². The molecule has 2 atom stereocenters. The summed E-state index contributed by atoms with van der Waals surface area (Å²) in [7, 11) is 0. The molecule has 4 nitrogen and oxygen atoms in total.